The Morgan fingerprint density at radius 1 is 1.15 bits per heavy atom. The minimum atomic E-state index is -1.21. The van der Waals surface area contributed by atoms with Crippen molar-refractivity contribution in [1.82, 2.24) is 10.5 Å². The van der Waals surface area contributed by atoms with Gasteiger partial charge < -0.3 is 11.5 Å². The molecule has 0 spiro atoms. The third kappa shape index (κ3) is 4.29. The number of nitrogens with two attached hydrogens (primary N) is 2. The van der Waals surface area contributed by atoms with Gasteiger partial charge in [-0.3, -0.25) is 20.0 Å². The molecule has 8 nitrogen and oxygen atoms in total. The highest BCUT2D eigenvalue weighted by atomic mass is 16.5. The molecule has 2 amide bonds. The van der Waals surface area contributed by atoms with Crippen molar-refractivity contribution in [2.24, 2.45) is 40.1 Å². The van der Waals surface area contributed by atoms with Crippen LogP contribution in [-0.4, -0.2) is 46.4 Å². The Labute approximate surface area is 161 Å². The molecule has 0 aromatic carbocycles. The van der Waals surface area contributed by atoms with E-state index in [0.29, 0.717) is 42.2 Å². The fourth-order valence-electron chi connectivity index (χ4n) is 5.47. The molecule has 2 aliphatic carbocycles. The zero-order valence-corrected chi connectivity index (χ0v) is 16.8. The molecule has 27 heavy (non-hydrogen) atoms. The van der Waals surface area contributed by atoms with E-state index in [9.17, 15) is 20.0 Å². The van der Waals surface area contributed by atoms with Crippen molar-refractivity contribution in [3.63, 3.8) is 0 Å². The molecule has 0 aromatic rings. The average Bonchev–Trinajstić information content (AvgIpc) is 3.15. The van der Waals surface area contributed by atoms with E-state index < -0.39 is 23.3 Å². The van der Waals surface area contributed by atoms with Gasteiger partial charge in [0, 0.05) is 18.4 Å². The molecule has 0 radical (unpaired) electrons. The second-order valence-corrected chi connectivity index (χ2v) is 9.28. The van der Waals surface area contributed by atoms with Crippen molar-refractivity contribution in [2.45, 2.75) is 65.3 Å². The van der Waals surface area contributed by atoms with Gasteiger partial charge in [-0.2, -0.15) is 0 Å². The van der Waals surface area contributed by atoms with Crippen molar-refractivity contribution >= 4 is 11.8 Å². The summed E-state index contributed by atoms with van der Waals surface area (Å²) in [5.74, 6) is -0.103. The van der Waals surface area contributed by atoms with Crippen molar-refractivity contribution in [3.8, 4) is 0 Å². The molecule has 2 aliphatic rings. The first-order valence-corrected chi connectivity index (χ1v) is 9.98. The molecule has 7 N–H and O–H groups in total. The predicted molar refractivity (Wildman–Crippen MR) is 101 cm³/mol. The summed E-state index contributed by atoms with van der Waals surface area (Å²) in [6.07, 6.45) is 3.81. The van der Waals surface area contributed by atoms with E-state index in [1.807, 2.05) is 0 Å². The molecule has 0 saturated heterocycles. The zero-order valence-electron chi connectivity index (χ0n) is 16.8. The molecule has 0 heterocycles. The lowest BCUT2D eigenvalue weighted by molar-refractivity contribution is -0.196. The van der Waals surface area contributed by atoms with Crippen LogP contribution in [0.3, 0.4) is 0 Å². The highest BCUT2D eigenvalue weighted by molar-refractivity contribution is 5.87. The van der Waals surface area contributed by atoms with Crippen molar-refractivity contribution in [1.29, 1.82) is 0 Å². The summed E-state index contributed by atoms with van der Waals surface area (Å²) >= 11 is 0. The summed E-state index contributed by atoms with van der Waals surface area (Å²) in [4.78, 5) is 25.4. The summed E-state index contributed by atoms with van der Waals surface area (Å²) in [7, 11) is 0. The Kier molecular flexibility index (Phi) is 6.89. The number of amides is 2. The van der Waals surface area contributed by atoms with Crippen LogP contribution < -0.4 is 16.9 Å². The minimum Gasteiger partial charge on any atom is -0.330 e. The van der Waals surface area contributed by atoms with Crippen LogP contribution in [0, 0.1) is 28.6 Å². The van der Waals surface area contributed by atoms with Gasteiger partial charge in [-0.1, -0.05) is 27.2 Å². The number of hydrogen-bond acceptors (Lipinski definition) is 6. The fourth-order valence-corrected chi connectivity index (χ4v) is 5.47. The van der Waals surface area contributed by atoms with Crippen molar-refractivity contribution in [3.05, 3.63) is 0 Å². The Morgan fingerprint density at radius 3 is 2.15 bits per heavy atom. The summed E-state index contributed by atoms with van der Waals surface area (Å²) in [6.45, 7) is 6.86. The average molecular weight is 385 g/mol. The molecule has 3 unspecified atom stereocenters. The molecule has 5 atom stereocenters. The number of hydrogen-bond donors (Lipinski definition) is 5. The van der Waals surface area contributed by atoms with Crippen LogP contribution in [0.1, 0.15) is 59.3 Å². The monoisotopic (exact) mass is 384 g/mol. The van der Waals surface area contributed by atoms with E-state index in [0.717, 1.165) is 19.3 Å². The number of rotatable bonds is 7. The van der Waals surface area contributed by atoms with Crippen LogP contribution in [0.25, 0.3) is 0 Å². The predicted octanol–water partition coefficient (Wildman–Crippen LogP) is 1.24. The largest absolute Gasteiger partial charge is 0.330 e. The van der Waals surface area contributed by atoms with Crippen LogP contribution in [0.4, 0.5) is 0 Å². The van der Waals surface area contributed by atoms with E-state index in [4.69, 9.17) is 11.5 Å². The number of nitrogens with zero attached hydrogens (tertiary/aromatic N) is 1. The first-order valence-electron chi connectivity index (χ1n) is 9.98. The second-order valence-electron chi connectivity index (χ2n) is 9.28. The first-order chi connectivity index (χ1) is 12.6. The van der Waals surface area contributed by atoms with E-state index in [1.54, 1.807) is 5.48 Å². The first kappa shape index (κ1) is 22.1. The Hall–Kier alpha value is -1.22. The van der Waals surface area contributed by atoms with Crippen LogP contribution >= 0.6 is 0 Å². The molecule has 8 heteroatoms. The highest BCUT2D eigenvalue weighted by Crippen LogP contribution is 2.48. The van der Waals surface area contributed by atoms with E-state index in [1.165, 1.54) is 0 Å². The Morgan fingerprint density at radius 2 is 1.74 bits per heavy atom. The van der Waals surface area contributed by atoms with E-state index in [2.05, 4.69) is 20.8 Å². The van der Waals surface area contributed by atoms with Gasteiger partial charge >= 0.3 is 0 Å². The quantitative estimate of drug-likeness (QED) is 0.330. The smallest absolute Gasteiger partial charge is 0.269 e. The zero-order chi connectivity index (χ0) is 20.4. The Bertz CT molecular complexity index is 548. The van der Waals surface area contributed by atoms with Crippen molar-refractivity contribution < 1.29 is 20.0 Å². The van der Waals surface area contributed by atoms with Gasteiger partial charge in [0.2, 0.25) is 5.91 Å². The summed E-state index contributed by atoms with van der Waals surface area (Å²) < 4.78 is 0. The molecule has 0 aliphatic heterocycles. The lowest BCUT2D eigenvalue weighted by Gasteiger charge is -2.40. The molecule has 156 valence electrons. The van der Waals surface area contributed by atoms with Gasteiger partial charge in [0.1, 0.15) is 6.04 Å². The highest BCUT2D eigenvalue weighted by Gasteiger charge is 2.51. The molecule has 2 fully saturated rings. The van der Waals surface area contributed by atoms with Crippen LogP contribution in [0.15, 0.2) is 0 Å². The number of hydroxylamine groups is 3. The molecule has 0 aromatic heterocycles. The Balaban J connectivity index is 2.23. The lowest BCUT2D eigenvalue weighted by Crippen LogP contribution is -2.59. The third-order valence-corrected chi connectivity index (χ3v) is 7.18. The van der Waals surface area contributed by atoms with Gasteiger partial charge in [0.15, 0.2) is 0 Å². The van der Waals surface area contributed by atoms with Gasteiger partial charge in [-0.25, -0.2) is 10.5 Å². The van der Waals surface area contributed by atoms with Gasteiger partial charge in [0.05, 0.1) is 0 Å². The lowest BCUT2D eigenvalue weighted by atomic mass is 9.76. The number of nitrogens with one attached hydrogen (secondary N) is 1. The van der Waals surface area contributed by atoms with Crippen LogP contribution in [0.5, 0.6) is 0 Å². The fraction of sp³-hybridized carbons (Fsp3) is 0.895. The number of carbonyl (C=O) groups excluding carboxylic acids is 2. The van der Waals surface area contributed by atoms with Gasteiger partial charge in [-0.15, -0.1) is 0 Å². The molecule has 2 saturated carbocycles. The van der Waals surface area contributed by atoms with E-state index >= 15 is 0 Å². The van der Waals surface area contributed by atoms with Gasteiger partial charge in [-0.05, 0) is 55.4 Å². The second kappa shape index (κ2) is 8.43. The SMILES string of the molecule is CC1CCC(CN)(C(C(=O)NO)N(O)C(=O)CC2(CN)C[C@H](C)[C@@H](C)C2)C1. The number of carbonyl (C=O) groups is 2. The van der Waals surface area contributed by atoms with E-state index in [-0.39, 0.29) is 18.4 Å². The van der Waals surface area contributed by atoms with Crippen molar-refractivity contribution in [2.75, 3.05) is 13.1 Å². The topological polar surface area (TPSA) is 142 Å². The molecular formula is C19H36N4O4. The summed E-state index contributed by atoms with van der Waals surface area (Å²) in [5, 5.41) is 20.5. The molecule has 0 bridgehead atoms. The molecule has 2 rings (SSSR count). The maximum absolute atomic E-state index is 13.0. The van der Waals surface area contributed by atoms with Gasteiger partial charge in [0.25, 0.3) is 5.91 Å². The normalized spacial score (nSPS) is 33.7. The van der Waals surface area contributed by atoms with Crippen LogP contribution in [0.2, 0.25) is 0 Å². The summed E-state index contributed by atoms with van der Waals surface area (Å²) in [6, 6.07) is -1.21. The third-order valence-electron chi connectivity index (χ3n) is 7.18. The van der Waals surface area contributed by atoms with Crippen LogP contribution in [-0.2, 0) is 9.59 Å². The standard InChI is InChI=1S/C19H36N4O4/c1-12-4-5-19(6-12,11-21)16(17(25)22-26)23(27)15(24)9-18(10-20)7-13(2)14(3)8-18/h12-14,16,26-27H,4-11,20-21H2,1-3H3,(H,22,25)/t12?,13-,14-,16?,19?/m0/s1. The summed E-state index contributed by atoms with van der Waals surface area (Å²) in [5.41, 5.74) is 12.5. The molecular weight excluding hydrogens is 348 g/mol. The minimum absolute atomic E-state index is 0.0834. The maximum atomic E-state index is 13.0. The maximum Gasteiger partial charge on any atom is 0.269 e.